The number of carbonyl (C=O) groups is 2. The van der Waals surface area contributed by atoms with Crippen molar-refractivity contribution in [1.82, 2.24) is 0 Å². The fraction of sp³-hybridized carbons (Fsp3) is 0.667. The molecule has 0 saturated heterocycles. The predicted molar refractivity (Wildman–Crippen MR) is 122 cm³/mol. The van der Waals surface area contributed by atoms with Crippen LogP contribution in [0.1, 0.15) is 83.6 Å². The predicted octanol–water partition coefficient (Wildman–Crippen LogP) is 6.35. The third-order valence-corrected chi connectivity index (χ3v) is 5.54. The molecule has 0 saturated carbocycles. The maximum absolute atomic E-state index is 11.9. The van der Waals surface area contributed by atoms with Crippen LogP contribution in [0.5, 0.6) is 5.75 Å². The Bertz CT molecular complexity index is 557. The molecule has 0 radical (unpaired) electrons. The van der Waals surface area contributed by atoms with Gasteiger partial charge in [-0.15, -0.1) is 0 Å². The van der Waals surface area contributed by atoms with E-state index >= 15 is 0 Å². The summed E-state index contributed by atoms with van der Waals surface area (Å²) < 4.78 is 10.6. The number of thioether (sulfide) groups is 1. The lowest BCUT2D eigenvalue weighted by Gasteiger charge is -2.07. The zero-order valence-electron chi connectivity index (χ0n) is 18.3. The van der Waals surface area contributed by atoms with Crippen molar-refractivity contribution in [3.8, 4) is 5.75 Å². The average molecular weight is 423 g/mol. The Labute approximate surface area is 181 Å². The Morgan fingerprint density at radius 2 is 1.41 bits per heavy atom. The van der Waals surface area contributed by atoms with Crippen LogP contribution in [0.15, 0.2) is 24.3 Å². The maximum Gasteiger partial charge on any atom is 0.316 e. The van der Waals surface area contributed by atoms with Crippen molar-refractivity contribution in [1.29, 1.82) is 0 Å². The number of hydrogen-bond acceptors (Lipinski definition) is 5. The van der Waals surface area contributed by atoms with Crippen molar-refractivity contribution in [3.05, 3.63) is 29.8 Å². The topological polar surface area (TPSA) is 52.6 Å². The minimum absolute atomic E-state index is 0.0305. The van der Waals surface area contributed by atoms with Gasteiger partial charge in [0.15, 0.2) is 5.12 Å². The van der Waals surface area contributed by atoms with Gasteiger partial charge in [-0.2, -0.15) is 0 Å². The first-order chi connectivity index (χ1) is 14.2. The summed E-state index contributed by atoms with van der Waals surface area (Å²) in [6, 6.07) is 7.65. The largest absolute Gasteiger partial charge is 0.494 e. The molecule has 29 heavy (non-hydrogen) atoms. The molecular weight excluding hydrogens is 384 g/mol. The van der Waals surface area contributed by atoms with Crippen LogP contribution in [0, 0.1) is 0 Å². The standard InChI is InChI=1S/C24H38O4S/c1-3-5-6-7-8-9-10-11-12-13-18-28-22-16-14-21(15-17-22)19-24(26)29-20-23(25)27-4-2/h14-17H,3-13,18-20H2,1-2H3. The summed E-state index contributed by atoms with van der Waals surface area (Å²) in [4.78, 5) is 23.2. The molecular formula is C24H38O4S. The van der Waals surface area contributed by atoms with Crippen LogP contribution in [-0.4, -0.2) is 30.1 Å². The quantitative estimate of drug-likeness (QED) is 0.216. The molecule has 0 N–H and O–H groups in total. The molecule has 0 aliphatic heterocycles. The first kappa shape index (κ1) is 25.5. The second-order valence-corrected chi connectivity index (χ2v) is 8.35. The Morgan fingerprint density at radius 3 is 2.00 bits per heavy atom. The lowest BCUT2D eigenvalue weighted by molar-refractivity contribution is -0.140. The number of rotatable bonds is 17. The molecule has 164 valence electrons. The molecule has 0 aromatic heterocycles. The van der Waals surface area contributed by atoms with Gasteiger partial charge < -0.3 is 9.47 Å². The van der Waals surface area contributed by atoms with Gasteiger partial charge in [-0.05, 0) is 31.0 Å². The van der Waals surface area contributed by atoms with Crippen LogP contribution in [0.4, 0.5) is 0 Å². The SMILES string of the molecule is CCCCCCCCCCCCOc1ccc(CC(=O)SCC(=O)OCC)cc1. The Kier molecular flexibility index (Phi) is 15.3. The van der Waals surface area contributed by atoms with E-state index in [1.165, 1.54) is 57.8 Å². The molecule has 0 aliphatic rings. The van der Waals surface area contributed by atoms with Crippen LogP contribution in [0.2, 0.25) is 0 Å². The lowest BCUT2D eigenvalue weighted by Crippen LogP contribution is -2.09. The Hall–Kier alpha value is -1.49. The summed E-state index contributed by atoms with van der Waals surface area (Å²) in [5, 5.41) is -0.0305. The van der Waals surface area contributed by atoms with Gasteiger partial charge >= 0.3 is 5.97 Å². The van der Waals surface area contributed by atoms with Crippen LogP contribution in [-0.2, 0) is 20.7 Å². The minimum atomic E-state index is -0.346. The molecule has 0 bridgehead atoms. The molecule has 1 rings (SSSR count). The molecule has 1 aromatic carbocycles. The fourth-order valence-electron chi connectivity index (χ4n) is 3.04. The van der Waals surface area contributed by atoms with Crippen molar-refractivity contribution >= 4 is 22.8 Å². The third-order valence-electron chi connectivity index (χ3n) is 4.69. The molecule has 0 aliphatic carbocycles. The van der Waals surface area contributed by atoms with E-state index in [2.05, 4.69) is 6.92 Å². The normalized spacial score (nSPS) is 10.7. The molecule has 0 unspecified atom stereocenters. The maximum atomic E-state index is 11.9. The summed E-state index contributed by atoms with van der Waals surface area (Å²) in [5.74, 6) is 0.574. The molecule has 1 aromatic rings. The highest BCUT2D eigenvalue weighted by Crippen LogP contribution is 2.16. The Morgan fingerprint density at radius 1 is 0.828 bits per heavy atom. The van der Waals surface area contributed by atoms with Crippen LogP contribution >= 0.6 is 11.8 Å². The van der Waals surface area contributed by atoms with Crippen molar-refractivity contribution in [2.24, 2.45) is 0 Å². The van der Waals surface area contributed by atoms with Crippen molar-refractivity contribution in [3.63, 3.8) is 0 Å². The summed E-state index contributed by atoms with van der Waals surface area (Å²) in [6.45, 7) is 5.09. The van der Waals surface area contributed by atoms with Gasteiger partial charge in [0.1, 0.15) is 5.75 Å². The summed E-state index contributed by atoms with van der Waals surface area (Å²) in [7, 11) is 0. The molecule has 4 nitrogen and oxygen atoms in total. The second-order valence-electron chi connectivity index (χ2n) is 7.32. The number of benzene rings is 1. The molecule has 0 heterocycles. The van der Waals surface area contributed by atoms with Gasteiger partial charge in [-0.25, -0.2) is 0 Å². The van der Waals surface area contributed by atoms with Gasteiger partial charge in [-0.3, -0.25) is 9.59 Å². The zero-order chi connectivity index (χ0) is 21.2. The summed E-state index contributed by atoms with van der Waals surface area (Å²) in [6.07, 6.45) is 13.5. The Balaban J connectivity index is 2.06. The molecule has 0 fully saturated rings. The first-order valence-corrected chi connectivity index (χ1v) is 12.2. The number of unbranched alkanes of at least 4 members (excludes halogenated alkanes) is 9. The monoisotopic (exact) mass is 422 g/mol. The number of esters is 1. The van der Waals surface area contributed by atoms with E-state index in [9.17, 15) is 9.59 Å². The van der Waals surface area contributed by atoms with E-state index in [0.717, 1.165) is 36.1 Å². The molecule has 0 spiro atoms. The van der Waals surface area contributed by atoms with Crippen LogP contribution < -0.4 is 4.74 Å². The smallest absolute Gasteiger partial charge is 0.316 e. The van der Waals surface area contributed by atoms with Gasteiger partial charge in [0.05, 0.1) is 19.0 Å². The third kappa shape index (κ3) is 14.2. The van der Waals surface area contributed by atoms with Crippen LogP contribution in [0.25, 0.3) is 0 Å². The summed E-state index contributed by atoms with van der Waals surface area (Å²) >= 11 is 1.01. The highest BCUT2D eigenvalue weighted by atomic mass is 32.2. The van der Waals surface area contributed by atoms with Crippen molar-refractivity contribution in [2.75, 3.05) is 19.0 Å². The van der Waals surface area contributed by atoms with E-state index < -0.39 is 0 Å². The average Bonchev–Trinajstić information content (AvgIpc) is 2.72. The number of ether oxygens (including phenoxy) is 2. The van der Waals surface area contributed by atoms with Gasteiger partial charge in [0.2, 0.25) is 0 Å². The molecule has 5 heteroatoms. The van der Waals surface area contributed by atoms with E-state index in [-0.39, 0.29) is 16.8 Å². The van der Waals surface area contributed by atoms with Crippen molar-refractivity contribution in [2.45, 2.75) is 84.5 Å². The lowest BCUT2D eigenvalue weighted by atomic mass is 10.1. The van der Waals surface area contributed by atoms with E-state index in [1.807, 2.05) is 24.3 Å². The highest BCUT2D eigenvalue weighted by Gasteiger charge is 2.09. The van der Waals surface area contributed by atoms with Gasteiger partial charge in [-0.1, -0.05) is 88.6 Å². The minimum Gasteiger partial charge on any atom is -0.494 e. The first-order valence-electron chi connectivity index (χ1n) is 11.2. The van der Waals surface area contributed by atoms with Gasteiger partial charge in [0.25, 0.3) is 0 Å². The molecule has 0 atom stereocenters. The summed E-state index contributed by atoms with van der Waals surface area (Å²) in [5.41, 5.74) is 0.928. The number of carbonyl (C=O) groups excluding carboxylic acids is 2. The van der Waals surface area contributed by atoms with E-state index in [4.69, 9.17) is 9.47 Å². The van der Waals surface area contributed by atoms with Gasteiger partial charge in [0, 0.05) is 6.42 Å². The fourth-order valence-corrected chi connectivity index (χ4v) is 3.67. The van der Waals surface area contributed by atoms with Crippen molar-refractivity contribution < 1.29 is 19.1 Å². The number of hydrogen-bond donors (Lipinski definition) is 0. The highest BCUT2D eigenvalue weighted by molar-refractivity contribution is 8.14. The van der Waals surface area contributed by atoms with E-state index in [1.54, 1.807) is 6.92 Å². The zero-order valence-corrected chi connectivity index (χ0v) is 19.1. The second kappa shape index (κ2) is 17.4. The molecule has 0 amide bonds. The van der Waals surface area contributed by atoms with E-state index in [0.29, 0.717) is 13.0 Å². The van der Waals surface area contributed by atoms with Crippen LogP contribution in [0.3, 0.4) is 0 Å².